The molecule has 10 heteroatoms. The lowest BCUT2D eigenvalue weighted by Crippen LogP contribution is -2.29. The van der Waals surface area contributed by atoms with E-state index in [1.807, 2.05) is 0 Å². The second-order valence-electron chi connectivity index (χ2n) is 21.6. The van der Waals surface area contributed by atoms with Gasteiger partial charge in [-0.2, -0.15) is 0 Å². The molecule has 0 fully saturated rings. The van der Waals surface area contributed by atoms with Crippen molar-refractivity contribution in [3.05, 3.63) is 24.3 Å². The molecule has 2 atom stereocenters. The Morgan fingerprint density at radius 2 is 0.671 bits per heavy atom. The van der Waals surface area contributed by atoms with E-state index in [9.17, 15) is 19.0 Å². The minimum absolute atomic E-state index is 0.0560. The zero-order valence-corrected chi connectivity index (χ0v) is 49.3. The van der Waals surface area contributed by atoms with Gasteiger partial charge in [0.05, 0.1) is 13.2 Å². The minimum atomic E-state index is -4.39. The van der Waals surface area contributed by atoms with Crippen molar-refractivity contribution < 1.29 is 37.6 Å². The Labute approximate surface area is 452 Å². The predicted molar refractivity (Wildman–Crippen MR) is 312 cm³/mol. The molecule has 0 spiro atoms. The molecule has 432 valence electrons. The van der Waals surface area contributed by atoms with E-state index in [-0.39, 0.29) is 38.6 Å². The number of hydrogen-bond donors (Lipinski definition) is 2. The highest BCUT2D eigenvalue weighted by Gasteiger charge is 2.26. The van der Waals surface area contributed by atoms with Gasteiger partial charge in [0.15, 0.2) is 6.10 Å². The molecular formula is C63H122NO8P. The van der Waals surface area contributed by atoms with Crippen molar-refractivity contribution in [3.8, 4) is 0 Å². The molecule has 0 saturated heterocycles. The van der Waals surface area contributed by atoms with Crippen molar-refractivity contribution in [1.29, 1.82) is 0 Å². The lowest BCUT2D eigenvalue weighted by Gasteiger charge is -2.19. The molecule has 0 rings (SSSR count). The largest absolute Gasteiger partial charge is 0.472 e. The van der Waals surface area contributed by atoms with E-state index < -0.39 is 26.5 Å². The van der Waals surface area contributed by atoms with E-state index in [1.54, 1.807) is 0 Å². The van der Waals surface area contributed by atoms with Gasteiger partial charge in [0.2, 0.25) is 0 Å². The highest BCUT2D eigenvalue weighted by Crippen LogP contribution is 2.43. The third-order valence-electron chi connectivity index (χ3n) is 14.3. The smallest absolute Gasteiger partial charge is 0.462 e. The SMILES string of the molecule is CCCCCCCCCC/C=C\CCCCCCCCCCCCCCCCCC(=O)OC(COC(=O)CCCCCCCCCCCCCCC/C=C\CCCCCCCCCC)COP(=O)(O)OCCN. The maximum absolute atomic E-state index is 12.7. The van der Waals surface area contributed by atoms with Gasteiger partial charge >= 0.3 is 19.8 Å². The fraction of sp³-hybridized carbons (Fsp3) is 0.905. The van der Waals surface area contributed by atoms with Gasteiger partial charge in [0, 0.05) is 19.4 Å². The first-order valence-electron chi connectivity index (χ1n) is 31.8. The number of allylic oxidation sites excluding steroid dienone is 4. The van der Waals surface area contributed by atoms with E-state index in [1.165, 1.54) is 270 Å². The molecule has 0 aromatic carbocycles. The molecule has 0 aliphatic heterocycles. The minimum Gasteiger partial charge on any atom is -0.462 e. The van der Waals surface area contributed by atoms with Crippen molar-refractivity contribution >= 4 is 19.8 Å². The zero-order valence-electron chi connectivity index (χ0n) is 48.4. The van der Waals surface area contributed by atoms with Crippen LogP contribution in [-0.4, -0.2) is 49.3 Å². The molecule has 0 bridgehead atoms. The molecule has 0 aliphatic carbocycles. The number of carbonyl (C=O) groups is 2. The lowest BCUT2D eigenvalue weighted by atomic mass is 10.0. The third-order valence-corrected chi connectivity index (χ3v) is 15.3. The fourth-order valence-corrected chi connectivity index (χ4v) is 10.3. The molecule has 73 heavy (non-hydrogen) atoms. The van der Waals surface area contributed by atoms with Crippen LogP contribution in [0.4, 0.5) is 0 Å². The summed E-state index contributed by atoms with van der Waals surface area (Å²) in [4.78, 5) is 35.3. The summed E-state index contributed by atoms with van der Waals surface area (Å²) in [5, 5.41) is 0. The molecule has 0 radical (unpaired) electrons. The van der Waals surface area contributed by atoms with Crippen LogP contribution in [0.25, 0.3) is 0 Å². The Hall–Kier alpha value is -1.51. The first-order valence-corrected chi connectivity index (χ1v) is 33.3. The van der Waals surface area contributed by atoms with E-state index in [2.05, 4.69) is 38.2 Å². The van der Waals surface area contributed by atoms with Gasteiger partial charge in [-0.1, -0.05) is 282 Å². The maximum atomic E-state index is 12.7. The van der Waals surface area contributed by atoms with E-state index in [0.717, 1.165) is 32.1 Å². The number of esters is 2. The van der Waals surface area contributed by atoms with Gasteiger partial charge in [-0.3, -0.25) is 18.6 Å². The monoisotopic (exact) mass is 1050 g/mol. The quantitative estimate of drug-likeness (QED) is 0.0264. The van der Waals surface area contributed by atoms with E-state index in [0.29, 0.717) is 6.42 Å². The van der Waals surface area contributed by atoms with Crippen LogP contribution in [-0.2, 0) is 32.7 Å². The number of carbonyl (C=O) groups excluding carboxylic acids is 2. The van der Waals surface area contributed by atoms with Crippen LogP contribution < -0.4 is 5.73 Å². The molecule has 0 saturated carbocycles. The Kier molecular flexibility index (Phi) is 58.5. The van der Waals surface area contributed by atoms with Gasteiger partial charge in [0.25, 0.3) is 0 Å². The fourth-order valence-electron chi connectivity index (χ4n) is 9.57. The van der Waals surface area contributed by atoms with Gasteiger partial charge in [-0.15, -0.1) is 0 Å². The summed E-state index contributed by atoms with van der Waals surface area (Å²) in [5.74, 6) is -0.808. The number of nitrogens with two attached hydrogens (primary N) is 1. The molecule has 0 aromatic rings. The third kappa shape index (κ3) is 59.6. The summed E-state index contributed by atoms with van der Waals surface area (Å²) in [6.45, 7) is 3.81. The number of phosphoric ester groups is 1. The average Bonchev–Trinajstić information content (AvgIpc) is 3.38. The van der Waals surface area contributed by atoms with Crippen LogP contribution in [0.5, 0.6) is 0 Å². The van der Waals surface area contributed by atoms with E-state index >= 15 is 0 Å². The average molecular weight is 1050 g/mol. The number of phosphoric acid groups is 1. The summed E-state index contributed by atoms with van der Waals surface area (Å²) in [6, 6.07) is 0. The molecule has 0 heterocycles. The first kappa shape index (κ1) is 71.5. The summed E-state index contributed by atoms with van der Waals surface area (Å²) < 4.78 is 33.1. The Bertz CT molecular complexity index is 1250. The molecule has 9 nitrogen and oxygen atoms in total. The standard InChI is InChI=1S/C63H122NO8P/c1-3-5-7-9-11-13-15-17-19-21-23-25-27-29-30-32-34-36-38-40-42-44-46-48-50-52-54-56-63(66)72-61(60-71-73(67,68)70-58-57-64)59-69-62(65)55-53-51-49-47-45-43-41-39-37-35-33-31-28-26-24-22-20-18-16-14-12-10-8-6-4-2/h21-24,61H,3-20,25-60,64H2,1-2H3,(H,67,68)/b23-21-,24-22-. The number of hydrogen-bond acceptors (Lipinski definition) is 8. The second-order valence-corrected chi connectivity index (χ2v) is 23.1. The summed E-state index contributed by atoms with van der Waals surface area (Å²) in [5.41, 5.74) is 5.39. The molecule has 0 aliphatic rings. The summed E-state index contributed by atoms with van der Waals surface area (Å²) in [6.07, 6.45) is 71.1. The first-order chi connectivity index (χ1) is 35.8. The molecule has 0 amide bonds. The van der Waals surface area contributed by atoms with Crippen molar-refractivity contribution in [2.45, 2.75) is 341 Å². The highest BCUT2D eigenvalue weighted by molar-refractivity contribution is 7.47. The van der Waals surface area contributed by atoms with E-state index in [4.69, 9.17) is 24.3 Å². The molecule has 3 N–H and O–H groups in total. The van der Waals surface area contributed by atoms with Gasteiger partial charge in [-0.25, -0.2) is 4.57 Å². The van der Waals surface area contributed by atoms with Crippen LogP contribution >= 0.6 is 7.82 Å². The highest BCUT2D eigenvalue weighted by atomic mass is 31.2. The topological polar surface area (TPSA) is 134 Å². The normalized spacial score (nSPS) is 13.1. The van der Waals surface area contributed by atoms with Gasteiger partial charge in [-0.05, 0) is 64.2 Å². The van der Waals surface area contributed by atoms with Crippen molar-refractivity contribution in [1.82, 2.24) is 0 Å². The van der Waals surface area contributed by atoms with Gasteiger partial charge in [0.1, 0.15) is 6.61 Å². The number of rotatable bonds is 61. The Morgan fingerprint density at radius 3 is 0.973 bits per heavy atom. The second kappa shape index (κ2) is 59.7. The predicted octanol–water partition coefficient (Wildman–Crippen LogP) is 20.2. The number of ether oxygens (including phenoxy) is 2. The maximum Gasteiger partial charge on any atom is 0.472 e. The zero-order chi connectivity index (χ0) is 53.1. The molecule has 2 unspecified atom stereocenters. The van der Waals surface area contributed by atoms with Crippen LogP contribution in [0.3, 0.4) is 0 Å². The molecular weight excluding hydrogens is 930 g/mol. The van der Waals surface area contributed by atoms with Crippen molar-refractivity contribution in [2.24, 2.45) is 5.73 Å². The Balaban J connectivity index is 3.88. The lowest BCUT2D eigenvalue weighted by molar-refractivity contribution is -0.161. The number of unbranched alkanes of at least 4 members (excludes halogenated alkanes) is 44. The van der Waals surface area contributed by atoms with Crippen LogP contribution in [0.15, 0.2) is 24.3 Å². The van der Waals surface area contributed by atoms with Crippen LogP contribution in [0.1, 0.15) is 335 Å². The van der Waals surface area contributed by atoms with Crippen LogP contribution in [0, 0.1) is 0 Å². The van der Waals surface area contributed by atoms with Gasteiger partial charge < -0.3 is 20.1 Å². The Morgan fingerprint density at radius 1 is 0.397 bits per heavy atom. The van der Waals surface area contributed by atoms with Crippen molar-refractivity contribution in [2.75, 3.05) is 26.4 Å². The van der Waals surface area contributed by atoms with Crippen LogP contribution in [0.2, 0.25) is 0 Å². The summed E-state index contributed by atoms with van der Waals surface area (Å²) >= 11 is 0. The molecule has 0 aromatic heterocycles. The van der Waals surface area contributed by atoms with Crippen molar-refractivity contribution in [3.63, 3.8) is 0 Å². The summed E-state index contributed by atoms with van der Waals surface area (Å²) in [7, 11) is -4.39.